The van der Waals surface area contributed by atoms with E-state index in [0.29, 0.717) is 24.6 Å². The Morgan fingerprint density at radius 2 is 2.08 bits per heavy atom. The summed E-state index contributed by atoms with van der Waals surface area (Å²) in [7, 11) is 0. The van der Waals surface area contributed by atoms with Crippen LogP contribution >= 0.6 is 11.3 Å². The molecule has 2 heterocycles. The van der Waals surface area contributed by atoms with Gasteiger partial charge in [-0.1, -0.05) is 18.2 Å². The number of para-hydroxylation sites is 2. The molecule has 2 amide bonds. The van der Waals surface area contributed by atoms with Crippen LogP contribution in [0.1, 0.15) is 12.5 Å². The summed E-state index contributed by atoms with van der Waals surface area (Å²) >= 11 is 1.62. The maximum absolute atomic E-state index is 12.2. The maximum atomic E-state index is 12.2. The number of amides is 2. The lowest BCUT2D eigenvalue weighted by molar-refractivity contribution is 0.251. The molecule has 25 heavy (non-hydrogen) atoms. The second-order valence-electron chi connectivity index (χ2n) is 5.26. The quantitative estimate of drug-likeness (QED) is 0.684. The zero-order chi connectivity index (χ0) is 17.5. The first-order valence-corrected chi connectivity index (χ1v) is 8.95. The van der Waals surface area contributed by atoms with Crippen molar-refractivity contribution in [3.63, 3.8) is 0 Å². The standard InChI is InChI=1S/C19H19N3O2S/c1-2-24-17-8-4-3-7-16(17)22-19(23)21-12-14-6-5-10-20-18(14)15-9-11-25-13-15/h3-11,13H,2,12H2,1H3,(H2,21,22,23). The molecule has 0 aliphatic rings. The van der Waals surface area contributed by atoms with E-state index in [4.69, 9.17) is 4.74 Å². The largest absolute Gasteiger partial charge is 0.492 e. The van der Waals surface area contributed by atoms with Gasteiger partial charge in [0.25, 0.3) is 0 Å². The number of aromatic nitrogens is 1. The molecule has 128 valence electrons. The van der Waals surface area contributed by atoms with Crippen LogP contribution in [0.4, 0.5) is 10.5 Å². The summed E-state index contributed by atoms with van der Waals surface area (Å²) in [6.45, 7) is 2.84. The van der Waals surface area contributed by atoms with Crippen LogP contribution < -0.4 is 15.4 Å². The zero-order valence-corrected chi connectivity index (χ0v) is 14.7. The number of benzene rings is 1. The van der Waals surface area contributed by atoms with Crippen molar-refractivity contribution in [3.8, 4) is 17.0 Å². The van der Waals surface area contributed by atoms with Crippen LogP contribution in [-0.4, -0.2) is 17.6 Å². The van der Waals surface area contributed by atoms with E-state index >= 15 is 0 Å². The number of hydrogen-bond acceptors (Lipinski definition) is 4. The molecule has 0 fully saturated rings. The topological polar surface area (TPSA) is 63.2 Å². The number of nitrogens with one attached hydrogen (secondary N) is 2. The molecule has 5 nitrogen and oxygen atoms in total. The molecule has 6 heteroatoms. The molecular weight excluding hydrogens is 334 g/mol. The second-order valence-corrected chi connectivity index (χ2v) is 6.04. The number of hydrogen-bond donors (Lipinski definition) is 2. The lowest BCUT2D eigenvalue weighted by Crippen LogP contribution is -2.28. The molecule has 0 aliphatic carbocycles. The third-order valence-electron chi connectivity index (χ3n) is 3.56. The highest BCUT2D eigenvalue weighted by Gasteiger charge is 2.10. The van der Waals surface area contributed by atoms with Crippen molar-refractivity contribution in [3.05, 3.63) is 65.0 Å². The summed E-state index contributed by atoms with van der Waals surface area (Å²) in [6.07, 6.45) is 1.76. The number of anilines is 1. The predicted octanol–water partition coefficient (Wildman–Crippen LogP) is 4.53. The zero-order valence-electron chi connectivity index (χ0n) is 13.9. The normalized spacial score (nSPS) is 10.3. The fourth-order valence-electron chi connectivity index (χ4n) is 2.43. The predicted molar refractivity (Wildman–Crippen MR) is 101 cm³/mol. The molecule has 0 saturated carbocycles. The van der Waals surface area contributed by atoms with Crippen molar-refractivity contribution in [1.82, 2.24) is 10.3 Å². The number of thiophene rings is 1. The van der Waals surface area contributed by atoms with E-state index in [1.807, 2.05) is 60.1 Å². The Morgan fingerprint density at radius 3 is 2.88 bits per heavy atom. The highest BCUT2D eigenvalue weighted by Crippen LogP contribution is 2.24. The lowest BCUT2D eigenvalue weighted by atomic mass is 10.1. The van der Waals surface area contributed by atoms with E-state index in [9.17, 15) is 4.79 Å². The van der Waals surface area contributed by atoms with Gasteiger partial charge in [0.15, 0.2) is 0 Å². The molecule has 3 aromatic rings. The lowest BCUT2D eigenvalue weighted by Gasteiger charge is -2.13. The molecule has 0 radical (unpaired) electrons. The number of carbonyl (C=O) groups excluding carboxylic acids is 1. The van der Waals surface area contributed by atoms with E-state index in [1.165, 1.54) is 0 Å². The van der Waals surface area contributed by atoms with Crippen molar-refractivity contribution in [2.45, 2.75) is 13.5 Å². The van der Waals surface area contributed by atoms with E-state index in [0.717, 1.165) is 16.8 Å². The number of urea groups is 1. The van der Waals surface area contributed by atoms with Crippen molar-refractivity contribution < 1.29 is 9.53 Å². The van der Waals surface area contributed by atoms with Gasteiger partial charge in [0.2, 0.25) is 0 Å². The van der Waals surface area contributed by atoms with Crippen LogP contribution in [0.3, 0.4) is 0 Å². The molecule has 0 bridgehead atoms. The molecule has 0 spiro atoms. The van der Waals surface area contributed by atoms with Gasteiger partial charge in [-0.3, -0.25) is 4.98 Å². The monoisotopic (exact) mass is 353 g/mol. The van der Waals surface area contributed by atoms with Crippen LogP contribution in [0.2, 0.25) is 0 Å². The van der Waals surface area contributed by atoms with E-state index in [2.05, 4.69) is 15.6 Å². The number of carbonyl (C=O) groups is 1. The minimum absolute atomic E-state index is 0.285. The molecule has 0 aliphatic heterocycles. The van der Waals surface area contributed by atoms with Gasteiger partial charge < -0.3 is 15.4 Å². The van der Waals surface area contributed by atoms with Crippen LogP contribution in [0.5, 0.6) is 5.75 Å². The van der Waals surface area contributed by atoms with Crippen LogP contribution in [0, 0.1) is 0 Å². The summed E-state index contributed by atoms with van der Waals surface area (Å²) in [5, 5.41) is 9.76. The highest BCUT2D eigenvalue weighted by atomic mass is 32.1. The van der Waals surface area contributed by atoms with Crippen LogP contribution in [-0.2, 0) is 6.54 Å². The first-order valence-electron chi connectivity index (χ1n) is 8.01. The van der Waals surface area contributed by atoms with Gasteiger partial charge in [-0.2, -0.15) is 11.3 Å². The van der Waals surface area contributed by atoms with Crippen LogP contribution in [0.15, 0.2) is 59.4 Å². The number of rotatable bonds is 6. The molecule has 3 rings (SSSR count). The number of nitrogens with zero attached hydrogens (tertiary/aromatic N) is 1. The van der Waals surface area contributed by atoms with Gasteiger partial charge in [-0.05, 0) is 42.1 Å². The van der Waals surface area contributed by atoms with Gasteiger partial charge in [-0.25, -0.2) is 4.79 Å². The maximum Gasteiger partial charge on any atom is 0.319 e. The van der Waals surface area contributed by atoms with E-state index in [-0.39, 0.29) is 6.03 Å². The van der Waals surface area contributed by atoms with Gasteiger partial charge in [0.1, 0.15) is 5.75 Å². The Morgan fingerprint density at radius 1 is 1.20 bits per heavy atom. The van der Waals surface area contributed by atoms with Crippen molar-refractivity contribution in [2.24, 2.45) is 0 Å². The summed E-state index contributed by atoms with van der Waals surface area (Å²) in [6, 6.07) is 12.9. The average molecular weight is 353 g/mol. The second kappa shape index (κ2) is 8.30. The molecular formula is C19H19N3O2S. The first kappa shape index (κ1) is 17.0. The SMILES string of the molecule is CCOc1ccccc1NC(=O)NCc1cccnc1-c1ccsc1. The molecule has 2 N–H and O–H groups in total. The Kier molecular flexibility index (Phi) is 5.64. The number of pyridine rings is 1. The Balaban J connectivity index is 1.66. The average Bonchev–Trinajstić information content (AvgIpc) is 3.17. The Labute approximate surface area is 150 Å². The van der Waals surface area contributed by atoms with E-state index in [1.54, 1.807) is 17.5 Å². The van der Waals surface area contributed by atoms with Crippen molar-refractivity contribution in [2.75, 3.05) is 11.9 Å². The van der Waals surface area contributed by atoms with Crippen molar-refractivity contribution in [1.29, 1.82) is 0 Å². The third-order valence-corrected chi connectivity index (χ3v) is 4.24. The van der Waals surface area contributed by atoms with Crippen LogP contribution in [0.25, 0.3) is 11.3 Å². The summed E-state index contributed by atoms with van der Waals surface area (Å²) in [4.78, 5) is 16.7. The molecule has 1 aromatic carbocycles. The summed E-state index contributed by atoms with van der Waals surface area (Å²) < 4.78 is 5.52. The van der Waals surface area contributed by atoms with Gasteiger partial charge in [0, 0.05) is 23.7 Å². The number of ether oxygens (including phenoxy) is 1. The minimum Gasteiger partial charge on any atom is -0.492 e. The molecule has 0 unspecified atom stereocenters. The highest BCUT2D eigenvalue weighted by molar-refractivity contribution is 7.08. The van der Waals surface area contributed by atoms with Gasteiger partial charge in [-0.15, -0.1) is 0 Å². The Hall–Kier alpha value is -2.86. The minimum atomic E-state index is -0.285. The molecule has 0 saturated heterocycles. The van der Waals surface area contributed by atoms with E-state index < -0.39 is 0 Å². The molecule has 2 aromatic heterocycles. The smallest absolute Gasteiger partial charge is 0.319 e. The summed E-state index contributed by atoms with van der Waals surface area (Å²) in [5.74, 6) is 0.653. The third kappa shape index (κ3) is 4.36. The molecule has 0 atom stereocenters. The van der Waals surface area contributed by atoms with Gasteiger partial charge >= 0.3 is 6.03 Å². The summed E-state index contributed by atoms with van der Waals surface area (Å²) in [5.41, 5.74) is 3.56. The first-order chi connectivity index (χ1) is 12.3. The van der Waals surface area contributed by atoms with Crippen molar-refractivity contribution >= 4 is 23.1 Å². The fourth-order valence-corrected chi connectivity index (χ4v) is 3.07. The fraction of sp³-hybridized carbons (Fsp3) is 0.158. The van der Waals surface area contributed by atoms with Gasteiger partial charge in [0.05, 0.1) is 18.0 Å². The Bertz CT molecular complexity index is 834.